The van der Waals surface area contributed by atoms with Crippen molar-refractivity contribution in [2.45, 2.75) is 24.7 Å². The third kappa shape index (κ3) is 4.23. The number of imide groups is 1. The molecule has 1 fully saturated rings. The van der Waals surface area contributed by atoms with Gasteiger partial charge in [0.1, 0.15) is 18.2 Å². The molecule has 1 heterocycles. The van der Waals surface area contributed by atoms with Gasteiger partial charge in [0.2, 0.25) is 0 Å². The summed E-state index contributed by atoms with van der Waals surface area (Å²) >= 11 is 0. The average molecular weight is 426 g/mol. The highest BCUT2D eigenvalue weighted by molar-refractivity contribution is 6.07. The average Bonchev–Trinajstić information content (AvgIpc) is 2.91. The van der Waals surface area contributed by atoms with E-state index in [4.69, 9.17) is 4.74 Å². The number of carbonyl (C=O) groups excluding carboxylic acids is 2. The number of aliphatic hydroxyl groups excluding tert-OH is 1. The molecule has 1 aliphatic heterocycles. The summed E-state index contributed by atoms with van der Waals surface area (Å²) in [5, 5.41) is 12.6. The number of urea groups is 1. The van der Waals surface area contributed by atoms with Crippen LogP contribution in [-0.2, 0) is 16.5 Å². The Hall–Kier alpha value is -3.14. The number of halogens is 4. The van der Waals surface area contributed by atoms with Gasteiger partial charge in [0, 0.05) is 0 Å². The fraction of sp³-hybridized carbons (Fsp3) is 0.300. The number of carbonyl (C=O) groups is 2. The molecule has 0 bridgehead atoms. The molecule has 6 nitrogen and oxygen atoms in total. The predicted molar refractivity (Wildman–Crippen MR) is 96.9 cm³/mol. The maximum atomic E-state index is 13.6. The first-order valence-corrected chi connectivity index (χ1v) is 8.89. The second-order valence-electron chi connectivity index (χ2n) is 6.94. The smallest absolute Gasteiger partial charge is 0.416 e. The number of alkyl halides is 3. The molecule has 3 rings (SSSR count). The predicted octanol–water partition coefficient (Wildman–Crippen LogP) is 3.05. The van der Waals surface area contributed by atoms with E-state index in [9.17, 15) is 32.3 Å². The van der Waals surface area contributed by atoms with E-state index >= 15 is 0 Å². The molecule has 2 atom stereocenters. The largest absolute Gasteiger partial charge is 0.488 e. The minimum atomic E-state index is -4.53. The molecule has 0 aromatic heterocycles. The SMILES string of the molecule is CC1(c2ccc(C(F)(F)F)cc2)NC(=O)N(CC(O)COc2ccccc2F)C1=O. The van der Waals surface area contributed by atoms with E-state index in [1.54, 1.807) is 0 Å². The van der Waals surface area contributed by atoms with Crippen LogP contribution in [0, 0.1) is 5.82 Å². The highest BCUT2D eigenvalue weighted by Gasteiger charge is 2.49. The second-order valence-corrected chi connectivity index (χ2v) is 6.94. The fourth-order valence-corrected chi connectivity index (χ4v) is 3.06. The maximum absolute atomic E-state index is 13.6. The van der Waals surface area contributed by atoms with Crippen molar-refractivity contribution in [1.82, 2.24) is 10.2 Å². The van der Waals surface area contributed by atoms with Crippen LogP contribution in [0.2, 0.25) is 0 Å². The standard InChI is InChI=1S/C20H18F4N2O4/c1-19(12-6-8-13(9-7-12)20(22,23)24)17(28)26(18(29)25-19)10-14(27)11-30-16-5-3-2-4-15(16)21/h2-9,14,27H,10-11H2,1H3,(H,25,29). The molecule has 10 heteroatoms. The zero-order valence-electron chi connectivity index (χ0n) is 15.7. The van der Waals surface area contributed by atoms with Crippen LogP contribution in [-0.4, -0.2) is 41.2 Å². The van der Waals surface area contributed by atoms with E-state index in [2.05, 4.69) is 5.32 Å². The third-order valence-corrected chi connectivity index (χ3v) is 4.73. The van der Waals surface area contributed by atoms with Crippen LogP contribution in [0.15, 0.2) is 48.5 Å². The van der Waals surface area contributed by atoms with Gasteiger partial charge in [0.05, 0.1) is 12.1 Å². The number of para-hydroxylation sites is 1. The first kappa shape index (κ1) is 21.6. The highest BCUT2D eigenvalue weighted by Crippen LogP contribution is 2.33. The fourth-order valence-electron chi connectivity index (χ4n) is 3.06. The third-order valence-electron chi connectivity index (χ3n) is 4.73. The van der Waals surface area contributed by atoms with Crippen LogP contribution < -0.4 is 10.1 Å². The summed E-state index contributed by atoms with van der Waals surface area (Å²) in [6.45, 7) is 0.544. The van der Waals surface area contributed by atoms with Crippen molar-refractivity contribution in [1.29, 1.82) is 0 Å². The number of benzene rings is 2. The summed E-state index contributed by atoms with van der Waals surface area (Å²) in [6.07, 6.45) is -5.84. The Morgan fingerprint density at radius 1 is 1.13 bits per heavy atom. The Morgan fingerprint density at radius 3 is 2.37 bits per heavy atom. The quantitative estimate of drug-likeness (QED) is 0.550. The lowest BCUT2D eigenvalue weighted by atomic mass is 9.91. The van der Waals surface area contributed by atoms with E-state index < -0.39 is 47.7 Å². The molecule has 0 saturated carbocycles. The molecule has 2 aromatic carbocycles. The Kier molecular flexibility index (Phi) is 5.71. The molecule has 1 saturated heterocycles. The summed E-state index contributed by atoms with van der Waals surface area (Å²) in [6, 6.07) is 8.59. The van der Waals surface area contributed by atoms with Crippen LogP contribution >= 0.6 is 0 Å². The molecule has 30 heavy (non-hydrogen) atoms. The van der Waals surface area contributed by atoms with Crippen LogP contribution in [0.5, 0.6) is 5.75 Å². The van der Waals surface area contributed by atoms with Crippen molar-refractivity contribution in [3.63, 3.8) is 0 Å². The summed E-state index contributed by atoms with van der Waals surface area (Å²) < 4.78 is 57.0. The first-order chi connectivity index (χ1) is 14.0. The maximum Gasteiger partial charge on any atom is 0.416 e. The number of hydrogen-bond acceptors (Lipinski definition) is 4. The van der Waals surface area contributed by atoms with Gasteiger partial charge < -0.3 is 15.2 Å². The molecule has 1 aliphatic rings. The number of β-amino-alcohol motifs (C(OH)–C–C–N with tert-alkyl or cyclic N) is 1. The van der Waals surface area contributed by atoms with E-state index in [0.29, 0.717) is 0 Å². The van der Waals surface area contributed by atoms with Crippen molar-refractivity contribution >= 4 is 11.9 Å². The Morgan fingerprint density at radius 2 is 1.77 bits per heavy atom. The molecule has 2 N–H and O–H groups in total. The molecule has 3 amide bonds. The minimum absolute atomic E-state index is 0.0941. The number of nitrogens with one attached hydrogen (secondary N) is 1. The van der Waals surface area contributed by atoms with Gasteiger partial charge in [-0.25, -0.2) is 9.18 Å². The molecule has 0 aliphatic carbocycles. The van der Waals surface area contributed by atoms with Gasteiger partial charge in [-0.2, -0.15) is 13.2 Å². The van der Waals surface area contributed by atoms with E-state index in [-0.39, 0.29) is 17.9 Å². The zero-order valence-corrected chi connectivity index (χ0v) is 15.7. The Balaban J connectivity index is 1.68. The number of rotatable bonds is 6. The van der Waals surface area contributed by atoms with Crippen molar-refractivity contribution in [3.8, 4) is 5.75 Å². The summed E-state index contributed by atoms with van der Waals surface area (Å²) in [5.41, 5.74) is -2.31. The van der Waals surface area contributed by atoms with Crippen molar-refractivity contribution < 1.29 is 37.0 Å². The normalized spacial score (nSPS) is 20.3. The van der Waals surface area contributed by atoms with Crippen molar-refractivity contribution in [3.05, 3.63) is 65.5 Å². The van der Waals surface area contributed by atoms with Crippen LogP contribution in [0.25, 0.3) is 0 Å². The van der Waals surface area contributed by atoms with E-state index in [0.717, 1.165) is 29.2 Å². The Bertz CT molecular complexity index is 949. The monoisotopic (exact) mass is 426 g/mol. The zero-order chi connectivity index (χ0) is 22.1. The summed E-state index contributed by atoms with van der Waals surface area (Å²) in [5.74, 6) is -1.46. The van der Waals surface area contributed by atoms with Gasteiger partial charge >= 0.3 is 12.2 Å². The number of hydrogen-bond donors (Lipinski definition) is 2. The number of amides is 3. The highest BCUT2D eigenvalue weighted by atomic mass is 19.4. The molecular weight excluding hydrogens is 408 g/mol. The summed E-state index contributed by atoms with van der Waals surface area (Å²) in [7, 11) is 0. The minimum Gasteiger partial charge on any atom is -0.488 e. The number of aliphatic hydroxyl groups is 1. The molecule has 160 valence electrons. The molecule has 0 spiro atoms. The lowest BCUT2D eigenvalue weighted by Crippen LogP contribution is -2.42. The van der Waals surface area contributed by atoms with E-state index in [1.165, 1.54) is 31.2 Å². The summed E-state index contributed by atoms with van der Waals surface area (Å²) in [4.78, 5) is 25.8. The van der Waals surface area contributed by atoms with Crippen molar-refractivity contribution in [2.75, 3.05) is 13.2 Å². The van der Waals surface area contributed by atoms with Crippen LogP contribution in [0.3, 0.4) is 0 Å². The number of ether oxygens (including phenoxy) is 1. The van der Waals surface area contributed by atoms with Gasteiger partial charge in [-0.05, 0) is 36.8 Å². The van der Waals surface area contributed by atoms with Gasteiger partial charge in [0.15, 0.2) is 11.6 Å². The van der Waals surface area contributed by atoms with Gasteiger partial charge in [-0.3, -0.25) is 9.69 Å². The lowest BCUT2D eigenvalue weighted by Gasteiger charge is -2.23. The molecule has 2 aromatic rings. The molecular formula is C20H18F4N2O4. The van der Waals surface area contributed by atoms with Gasteiger partial charge in [-0.15, -0.1) is 0 Å². The van der Waals surface area contributed by atoms with Crippen LogP contribution in [0.1, 0.15) is 18.1 Å². The van der Waals surface area contributed by atoms with Gasteiger partial charge in [-0.1, -0.05) is 24.3 Å². The molecule has 0 radical (unpaired) electrons. The first-order valence-electron chi connectivity index (χ1n) is 8.89. The van der Waals surface area contributed by atoms with E-state index in [1.807, 2.05) is 0 Å². The number of nitrogens with zero attached hydrogens (tertiary/aromatic N) is 1. The van der Waals surface area contributed by atoms with Crippen molar-refractivity contribution in [2.24, 2.45) is 0 Å². The second kappa shape index (κ2) is 7.94. The van der Waals surface area contributed by atoms with Crippen LogP contribution in [0.4, 0.5) is 22.4 Å². The Labute approximate surface area is 169 Å². The lowest BCUT2D eigenvalue weighted by molar-refractivity contribution is -0.137. The topological polar surface area (TPSA) is 78.9 Å². The van der Waals surface area contributed by atoms with Gasteiger partial charge in [0.25, 0.3) is 5.91 Å². The molecule has 2 unspecified atom stereocenters.